The number of hydrogen-bond donors (Lipinski definition) is 3. The Balaban J connectivity index is 1.87. The summed E-state index contributed by atoms with van der Waals surface area (Å²) in [6.45, 7) is 0. The Bertz CT molecular complexity index is 943. The van der Waals surface area contributed by atoms with Crippen LogP contribution in [0.3, 0.4) is 0 Å². The maximum absolute atomic E-state index is 13.1. The second-order valence-electron chi connectivity index (χ2n) is 5.93. The summed E-state index contributed by atoms with van der Waals surface area (Å²) in [7, 11) is 0. The molecule has 0 saturated heterocycles. The molecule has 0 heterocycles. The van der Waals surface area contributed by atoms with Gasteiger partial charge in [0.25, 0.3) is 5.91 Å². The fraction of sp³-hybridized carbons (Fsp3) is 0.0476. The predicted molar refractivity (Wildman–Crippen MR) is 103 cm³/mol. The highest BCUT2D eigenvalue weighted by molar-refractivity contribution is 5.98. The minimum atomic E-state index is -0.723. The fourth-order valence-corrected chi connectivity index (χ4v) is 2.62. The normalized spacial score (nSPS) is 11.4. The summed E-state index contributed by atoms with van der Waals surface area (Å²) in [5.74, 6) is -1.25. The van der Waals surface area contributed by atoms with Crippen LogP contribution in [0.4, 0.5) is 15.8 Å². The fourth-order valence-electron chi connectivity index (χ4n) is 2.62. The first-order valence-electron chi connectivity index (χ1n) is 8.31. The van der Waals surface area contributed by atoms with E-state index in [1.165, 1.54) is 24.3 Å². The highest BCUT2D eigenvalue weighted by atomic mass is 19.1. The molecule has 0 saturated carbocycles. The zero-order valence-corrected chi connectivity index (χ0v) is 14.4. The first kappa shape index (κ1) is 18.1. The van der Waals surface area contributed by atoms with Crippen LogP contribution in [0.25, 0.3) is 0 Å². The minimum absolute atomic E-state index is 0.322. The number of amides is 2. The summed E-state index contributed by atoms with van der Waals surface area (Å²) >= 11 is 0. The van der Waals surface area contributed by atoms with E-state index >= 15 is 0 Å². The van der Waals surface area contributed by atoms with Crippen LogP contribution in [0.5, 0.6) is 0 Å². The molecule has 4 N–H and O–H groups in total. The van der Waals surface area contributed by atoms with E-state index in [1.54, 1.807) is 24.3 Å². The quantitative estimate of drug-likeness (QED) is 0.624. The highest BCUT2D eigenvalue weighted by Crippen LogP contribution is 2.22. The van der Waals surface area contributed by atoms with Gasteiger partial charge in [0, 0.05) is 16.9 Å². The Kier molecular flexibility index (Phi) is 5.47. The summed E-state index contributed by atoms with van der Waals surface area (Å²) in [6, 6.07) is 20.6. The summed E-state index contributed by atoms with van der Waals surface area (Å²) < 4.78 is 13.1. The molecule has 3 aromatic rings. The molecule has 0 aliphatic carbocycles. The Morgan fingerprint density at radius 2 is 1.56 bits per heavy atom. The lowest BCUT2D eigenvalue weighted by molar-refractivity contribution is -0.117. The molecule has 0 aromatic heterocycles. The number of nitrogens with one attached hydrogen (secondary N) is 2. The minimum Gasteiger partial charge on any atom is -0.370 e. The van der Waals surface area contributed by atoms with E-state index in [2.05, 4.69) is 10.6 Å². The summed E-state index contributed by atoms with van der Waals surface area (Å²) in [5, 5.41) is 5.89. The highest BCUT2D eigenvalue weighted by Gasteiger charge is 2.21. The van der Waals surface area contributed by atoms with Gasteiger partial charge in [0.2, 0.25) is 5.91 Å². The Morgan fingerprint density at radius 1 is 0.852 bits per heavy atom. The maximum atomic E-state index is 13.1. The number of benzene rings is 3. The summed E-state index contributed by atoms with van der Waals surface area (Å²) in [6.07, 6.45) is 0. The number of rotatable bonds is 6. The van der Waals surface area contributed by atoms with Crippen molar-refractivity contribution >= 4 is 23.2 Å². The van der Waals surface area contributed by atoms with Crippen molar-refractivity contribution in [2.75, 3.05) is 10.6 Å². The molecule has 3 rings (SSSR count). The monoisotopic (exact) mass is 363 g/mol. The molecular weight excluding hydrogens is 345 g/mol. The van der Waals surface area contributed by atoms with Gasteiger partial charge in [-0.25, -0.2) is 4.39 Å². The summed E-state index contributed by atoms with van der Waals surface area (Å²) in [4.78, 5) is 24.3. The van der Waals surface area contributed by atoms with Crippen molar-refractivity contribution in [1.29, 1.82) is 0 Å². The molecule has 0 unspecified atom stereocenters. The van der Waals surface area contributed by atoms with Crippen LogP contribution in [0.1, 0.15) is 22.0 Å². The number of carbonyl (C=O) groups is 2. The number of carbonyl (C=O) groups excluding carboxylic acids is 2. The Morgan fingerprint density at radius 3 is 2.22 bits per heavy atom. The van der Waals surface area contributed by atoms with E-state index in [0.29, 0.717) is 16.9 Å². The smallest absolute Gasteiger partial charge is 0.251 e. The lowest BCUT2D eigenvalue weighted by Gasteiger charge is -2.20. The van der Waals surface area contributed by atoms with Gasteiger partial charge >= 0.3 is 0 Å². The molecule has 6 heteroatoms. The molecule has 0 aliphatic rings. The van der Waals surface area contributed by atoms with Crippen LogP contribution >= 0.6 is 0 Å². The molecule has 0 spiro atoms. The lowest BCUT2D eigenvalue weighted by Crippen LogP contribution is -2.27. The number of hydrogen-bond acceptors (Lipinski definition) is 3. The van der Waals surface area contributed by atoms with Gasteiger partial charge in [0.05, 0.1) is 0 Å². The molecule has 0 fully saturated rings. The van der Waals surface area contributed by atoms with Crippen molar-refractivity contribution in [3.63, 3.8) is 0 Å². The van der Waals surface area contributed by atoms with Gasteiger partial charge in [0.1, 0.15) is 11.9 Å². The predicted octanol–water partition coefficient (Wildman–Crippen LogP) is 3.72. The van der Waals surface area contributed by atoms with Crippen LogP contribution in [-0.2, 0) is 4.79 Å². The van der Waals surface area contributed by atoms with Gasteiger partial charge in [0.15, 0.2) is 0 Å². The van der Waals surface area contributed by atoms with Crippen LogP contribution in [0.2, 0.25) is 0 Å². The van der Waals surface area contributed by atoms with Gasteiger partial charge in [-0.05, 0) is 48.0 Å². The van der Waals surface area contributed by atoms with E-state index < -0.39 is 11.9 Å². The standard InChI is InChI=1S/C21H18FN3O2/c22-16-9-11-17(12-10-16)25-21(27)19(14-5-2-1-3-6-14)24-18-8-4-7-15(13-18)20(23)26/h1-13,19,24H,(H2,23,26)(H,25,27)/t19-/m0/s1. The third kappa shape index (κ3) is 4.70. The molecule has 5 nitrogen and oxygen atoms in total. The van der Waals surface area contributed by atoms with E-state index in [0.717, 1.165) is 5.56 Å². The zero-order chi connectivity index (χ0) is 19.2. The molecule has 0 radical (unpaired) electrons. The van der Waals surface area contributed by atoms with Crippen molar-refractivity contribution in [2.45, 2.75) is 6.04 Å². The molecule has 136 valence electrons. The van der Waals surface area contributed by atoms with Gasteiger partial charge in [-0.15, -0.1) is 0 Å². The molecule has 1 atom stereocenters. The van der Waals surface area contributed by atoms with Crippen molar-refractivity contribution < 1.29 is 14.0 Å². The van der Waals surface area contributed by atoms with Crippen LogP contribution in [0, 0.1) is 5.82 Å². The molecule has 3 aromatic carbocycles. The second-order valence-corrected chi connectivity index (χ2v) is 5.93. The van der Waals surface area contributed by atoms with Crippen molar-refractivity contribution in [2.24, 2.45) is 5.73 Å². The van der Waals surface area contributed by atoms with Crippen LogP contribution < -0.4 is 16.4 Å². The van der Waals surface area contributed by atoms with E-state index in [9.17, 15) is 14.0 Å². The van der Waals surface area contributed by atoms with Crippen molar-refractivity contribution in [3.05, 3.63) is 95.8 Å². The van der Waals surface area contributed by atoms with E-state index in [1.807, 2.05) is 30.3 Å². The van der Waals surface area contributed by atoms with Crippen LogP contribution in [0.15, 0.2) is 78.9 Å². The van der Waals surface area contributed by atoms with Crippen molar-refractivity contribution in [3.8, 4) is 0 Å². The molecule has 0 aliphatic heterocycles. The van der Waals surface area contributed by atoms with Gasteiger partial charge in [-0.3, -0.25) is 9.59 Å². The molecule has 0 bridgehead atoms. The van der Waals surface area contributed by atoms with E-state index in [-0.39, 0.29) is 11.7 Å². The zero-order valence-electron chi connectivity index (χ0n) is 14.4. The maximum Gasteiger partial charge on any atom is 0.251 e. The second kappa shape index (κ2) is 8.14. The number of halogens is 1. The average molecular weight is 363 g/mol. The first-order chi connectivity index (χ1) is 13.0. The Hall–Kier alpha value is -3.67. The number of nitrogens with two attached hydrogens (primary N) is 1. The largest absolute Gasteiger partial charge is 0.370 e. The summed E-state index contributed by atoms with van der Waals surface area (Å²) in [5.41, 5.74) is 7.46. The Labute approximate surface area is 156 Å². The number of primary amides is 1. The van der Waals surface area contributed by atoms with Gasteiger partial charge < -0.3 is 16.4 Å². The van der Waals surface area contributed by atoms with Crippen LogP contribution in [-0.4, -0.2) is 11.8 Å². The third-order valence-electron chi connectivity index (χ3n) is 3.96. The molecule has 27 heavy (non-hydrogen) atoms. The topological polar surface area (TPSA) is 84.2 Å². The van der Waals surface area contributed by atoms with Gasteiger partial charge in [-0.1, -0.05) is 36.4 Å². The number of anilines is 2. The SMILES string of the molecule is NC(=O)c1cccc(N[C@H](C(=O)Nc2ccc(F)cc2)c2ccccc2)c1. The molecule has 2 amide bonds. The first-order valence-corrected chi connectivity index (χ1v) is 8.31. The average Bonchev–Trinajstić information content (AvgIpc) is 2.68. The van der Waals surface area contributed by atoms with Crippen molar-refractivity contribution in [1.82, 2.24) is 0 Å². The lowest BCUT2D eigenvalue weighted by atomic mass is 10.0. The molecular formula is C21H18FN3O2. The third-order valence-corrected chi connectivity index (χ3v) is 3.96. The van der Waals surface area contributed by atoms with E-state index in [4.69, 9.17) is 5.73 Å². The van der Waals surface area contributed by atoms with Gasteiger partial charge in [-0.2, -0.15) is 0 Å².